The van der Waals surface area contributed by atoms with E-state index >= 15 is 0 Å². The lowest BCUT2D eigenvalue weighted by atomic mass is 9.99. The summed E-state index contributed by atoms with van der Waals surface area (Å²) in [6, 6.07) is 7.07. The number of aliphatic hydroxyl groups excluding tert-OH is 3. The van der Waals surface area contributed by atoms with Gasteiger partial charge in [-0.15, -0.1) is 0 Å². The first-order chi connectivity index (χ1) is 12.0. The molecule has 138 valence electrons. The molecule has 3 N–H and O–H groups in total. The fourth-order valence-corrected chi connectivity index (χ4v) is 2.34. The van der Waals surface area contributed by atoms with Crippen molar-refractivity contribution in [3.8, 4) is 5.75 Å². The van der Waals surface area contributed by atoms with Gasteiger partial charge in [-0.1, -0.05) is 12.1 Å². The van der Waals surface area contributed by atoms with Gasteiger partial charge in [0.15, 0.2) is 6.29 Å². The Morgan fingerprint density at radius 3 is 2.40 bits per heavy atom. The van der Waals surface area contributed by atoms with Gasteiger partial charge < -0.3 is 34.3 Å². The van der Waals surface area contributed by atoms with E-state index in [-0.39, 0.29) is 6.61 Å². The van der Waals surface area contributed by atoms with Crippen molar-refractivity contribution in [2.24, 2.45) is 0 Å². The maximum atomic E-state index is 11.8. The number of carbonyl (C=O) groups excluding carboxylic acids is 1. The number of aliphatic hydroxyl groups is 3. The summed E-state index contributed by atoms with van der Waals surface area (Å²) in [5, 5.41) is 29.3. The van der Waals surface area contributed by atoms with Crippen LogP contribution in [0.2, 0.25) is 0 Å². The molecule has 8 heteroatoms. The number of hydrogen-bond donors (Lipinski definition) is 3. The topological polar surface area (TPSA) is 115 Å². The second-order valence-electron chi connectivity index (χ2n) is 5.49. The van der Waals surface area contributed by atoms with Gasteiger partial charge in [-0.05, 0) is 23.8 Å². The van der Waals surface area contributed by atoms with Crippen molar-refractivity contribution >= 4 is 12.0 Å². The van der Waals surface area contributed by atoms with Crippen LogP contribution < -0.4 is 4.74 Å². The van der Waals surface area contributed by atoms with Gasteiger partial charge in [-0.3, -0.25) is 0 Å². The normalized spacial score (nSPS) is 29.6. The van der Waals surface area contributed by atoms with Crippen molar-refractivity contribution in [3.63, 3.8) is 0 Å². The van der Waals surface area contributed by atoms with Crippen molar-refractivity contribution in [2.75, 3.05) is 20.8 Å². The molecular formula is C17H22O8. The van der Waals surface area contributed by atoms with E-state index < -0.39 is 36.7 Å². The first-order valence-electron chi connectivity index (χ1n) is 7.67. The molecule has 1 aromatic rings. The van der Waals surface area contributed by atoms with Crippen molar-refractivity contribution in [1.29, 1.82) is 0 Å². The number of hydrogen-bond acceptors (Lipinski definition) is 8. The molecule has 0 spiro atoms. The molecule has 0 bridgehead atoms. The van der Waals surface area contributed by atoms with E-state index in [1.165, 1.54) is 13.2 Å². The minimum atomic E-state index is -1.46. The van der Waals surface area contributed by atoms with Gasteiger partial charge in [0, 0.05) is 13.2 Å². The molecule has 0 aliphatic carbocycles. The zero-order valence-electron chi connectivity index (χ0n) is 13.9. The molecule has 0 saturated carbocycles. The van der Waals surface area contributed by atoms with Crippen LogP contribution in [0.4, 0.5) is 0 Å². The number of esters is 1. The van der Waals surface area contributed by atoms with Crippen molar-refractivity contribution in [2.45, 2.75) is 30.7 Å². The molecule has 2 rings (SSSR count). The largest absolute Gasteiger partial charge is 0.497 e. The molecule has 1 heterocycles. The fraction of sp³-hybridized carbons (Fsp3) is 0.471. The van der Waals surface area contributed by atoms with Crippen LogP contribution in [0.1, 0.15) is 5.56 Å². The minimum Gasteiger partial charge on any atom is -0.497 e. The lowest BCUT2D eigenvalue weighted by molar-refractivity contribution is -0.294. The van der Waals surface area contributed by atoms with Gasteiger partial charge in [0.2, 0.25) is 0 Å². The van der Waals surface area contributed by atoms with Gasteiger partial charge in [0.05, 0.1) is 7.11 Å². The summed E-state index contributed by atoms with van der Waals surface area (Å²) in [4.78, 5) is 11.8. The van der Waals surface area contributed by atoms with Crippen LogP contribution in [0.3, 0.4) is 0 Å². The molecule has 0 radical (unpaired) electrons. The molecule has 1 aliphatic rings. The summed E-state index contributed by atoms with van der Waals surface area (Å²) in [5.41, 5.74) is 0.782. The molecule has 0 amide bonds. The quantitative estimate of drug-likeness (QED) is 0.471. The summed E-state index contributed by atoms with van der Waals surface area (Å²) in [6.07, 6.45) is -3.58. The Kier molecular flexibility index (Phi) is 6.91. The highest BCUT2D eigenvalue weighted by Crippen LogP contribution is 2.22. The van der Waals surface area contributed by atoms with Crippen molar-refractivity contribution < 1.29 is 39.1 Å². The second kappa shape index (κ2) is 8.93. The van der Waals surface area contributed by atoms with Crippen LogP contribution in [0.15, 0.2) is 30.3 Å². The first-order valence-corrected chi connectivity index (χ1v) is 7.67. The molecule has 5 atom stereocenters. The number of benzene rings is 1. The summed E-state index contributed by atoms with van der Waals surface area (Å²) in [7, 11) is 2.85. The third-order valence-electron chi connectivity index (χ3n) is 3.82. The number of rotatable bonds is 6. The van der Waals surface area contributed by atoms with E-state index in [1.54, 1.807) is 37.5 Å². The van der Waals surface area contributed by atoms with E-state index in [0.717, 1.165) is 5.56 Å². The van der Waals surface area contributed by atoms with E-state index in [2.05, 4.69) is 0 Å². The molecular weight excluding hydrogens is 332 g/mol. The van der Waals surface area contributed by atoms with Gasteiger partial charge in [-0.25, -0.2) is 4.79 Å². The molecule has 1 aromatic carbocycles. The Bertz CT molecular complexity index is 583. The zero-order chi connectivity index (χ0) is 18.4. The number of ether oxygens (including phenoxy) is 4. The third-order valence-corrected chi connectivity index (χ3v) is 3.82. The van der Waals surface area contributed by atoms with Crippen LogP contribution >= 0.6 is 0 Å². The van der Waals surface area contributed by atoms with Crippen molar-refractivity contribution in [1.82, 2.24) is 0 Å². The number of carbonyl (C=O) groups is 1. The Morgan fingerprint density at radius 1 is 1.12 bits per heavy atom. The standard InChI is InChI=1S/C17H22O8/c1-22-11-6-3-10(4-7-11)5-8-13(18)24-9-12-14(19)15(20)16(21)17(23-2)25-12/h3-8,12,14-17,19-21H,9H2,1-2H3/b8-5+/t12-,14-,15+,16-,17?/m1/s1. The second-order valence-corrected chi connectivity index (χ2v) is 5.49. The average Bonchev–Trinajstić information content (AvgIpc) is 2.64. The molecule has 25 heavy (non-hydrogen) atoms. The number of methoxy groups -OCH3 is 2. The highest BCUT2D eigenvalue weighted by molar-refractivity contribution is 5.87. The molecule has 0 aromatic heterocycles. The fourth-order valence-electron chi connectivity index (χ4n) is 2.34. The zero-order valence-corrected chi connectivity index (χ0v) is 13.9. The predicted octanol–water partition coefficient (Wildman–Crippen LogP) is -0.294. The minimum absolute atomic E-state index is 0.295. The predicted molar refractivity (Wildman–Crippen MR) is 86.7 cm³/mol. The van der Waals surface area contributed by atoms with Gasteiger partial charge >= 0.3 is 5.97 Å². The summed E-state index contributed by atoms with van der Waals surface area (Å²) in [5.74, 6) is 0.0674. The lowest BCUT2D eigenvalue weighted by Gasteiger charge is -2.39. The van der Waals surface area contributed by atoms with Crippen LogP contribution in [0.25, 0.3) is 6.08 Å². The Balaban J connectivity index is 1.87. The van der Waals surface area contributed by atoms with E-state index in [4.69, 9.17) is 18.9 Å². The van der Waals surface area contributed by atoms with Crippen molar-refractivity contribution in [3.05, 3.63) is 35.9 Å². The molecule has 1 unspecified atom stereocenters. The summed E-state index contributed by atoms with van der Waals surface area (Å²) >= 11 is 0. The van der Waals surface area contributed by atoms with E-state index in [1.807, 2.05) is 0 Å². The SMILES string of the molecule is COc1ccc(/C=C/C(=O)OC[C@H]2OC(OC)[C@H](O)[C@@H](O)[C@@H]2O)cc1. The Morgan fingerprint density at radius 2 is 1.80 bits per heavy atom. The maximum Gasteiger partial charge on any atom is 0.330 e. The Hall–Kier alpha value is -1.97. The molecule has 1 aliphatic heterocycles. The van der Waals surface area contributed by atoms with Gasteiger partial charge in [0.1, 0.15) is 36.8 Å². The van der Waals surface area contributed by atoms with E-state index in [0.29, 0.717) is 5.75 Å². The highest BCUT2D eigenvalue weighted by Gasteiger charge is 2.44. The summed E-state index contributed by atoms with van der Waals surface area (Å²) < 4.78 is 20.2. The van der Waals surface area contributed by atoms with Crippen LogP contribution in [0.5, 0.6) is 5.75 Å². The average molecular weight is 354 g/mol. The Labute approximate surface area is 145 Å². The smallest absolute Gasteiger partial charge is 0.330 e. The van der Waals surface area contributed by atoms with E-state index in [9.17, 15) is 20.1 Å². The molecule has 1 fully saturated rings. The van der Waals surface area contributed by atoms with Crippen LogP contribution in [0, 0.1) is 0 Å². The van der Waals surface area contributed by atoms with Gasteiger partial charge in [0.25, 0.3) is 0 Å². The van der Waals surface area contributed by atoms with Crippen LogP contribution in [-0.2, 0) is 19.0 Å². The maximum absolute atomic E-state index is 11.8. The van der Waals surface area contributed by atoms with Crippen LogP contribution in [-0.4, -0.2) is 72.8 Å². The lowest BCUT2D eigenvalue weighted by Crippen LogP contribution is -2.59. The third kappa shape index (κ3) is 5.00. The monoisotopic (exact) mass is 354 g/mol. The molecule has 8 nitrogen and oxygen atoms in total. The molecule has 1 saturated heterocycles. The highest BCUT2D eigenvalue weighted by atomic mass is 16.7. The first kappa shape index (κ1) is 19.4. The van der Waals surface area contributed by atoms with Gasteiger partial charge in [-0.2, -0.15) is 0 Å². The summed E-state index contributed by atoms with van der Waals surface area (Å²) in [6.45, 7) is -0.295.